The Labute approximate surface area is 146 Å². The zero-order valence-corrected chi connectivity index (χ0v) is 13.3. The van der Waals surface area contributed by atoms with Crippen LogP contribution in [0.15, 0.2) is 18.2 Å². The predicted molar refractivity (Wildman–Crippen MR) is 85.4 cm³/mol. The molecule has 0 aliphatic carbocycles. The largest absolute Gasteiger partial charge is 0.356 e. The smallest absolute Gasteiger partial charge is 0.329 e. The maximum Gasteiger partial charge on any atom is 0.329 e. The van der Waals surface area contributed by atoms with Crippen molar-refractivity contribution in [1.82, 2.24) is 9.78 Å². The number of benzene rings is 1. The van der Waals surface area contributed by atoms with Crippen molar-refractivity contribution < 1.29 is 26.4 Å². The highest BCUT2D eigenvalue weighted by molar-refractivity contribution is 5.93. The van der Waals surface area contributed by atoms with Crippen molar-refractivity contribution in [2.75, 3.05) is 24.6 Å². The SMILES string of the molecule is [2H]C([2H])([2H])c1cccc2c1c(N1CC(F)(F)C(F)(F)C1)nn2C1CCCCO1. The fourth-order valence-electron chi connectivity index (χ4n) is 3.45. The zero-order chi connectivity index (χ0) is 20.3. The molecule has 0 amide bonds. The average Bonchev–Trinajstić information content (AvgIpc) is 3.09. The molecule has 1 aromatic carbocycles. The van der Waals surface area contributed by atoms with E-state index < -0.39 is 38.0 Å². The van der Waals surface area contributed by atoms with E-state index in [1.165, 1.54) is 16.8 Å². The van der Waals surface area contributed by atoms with Crippen molar-refractivity contribution in [2.24, 2.45) is 0 Å². The van der Waals surface area contributed by atoms with E-state index in [1.807, 2.05) is 0 Å². The highest BCUT2D eigenvalue weighted by atomic mass is 19.3. The molecule has 2 fully saturated rings. The van der Waals surface area contributed by atoms with E-state index in [9.17, 15) is 17.6 Å². The van der Waals surface area contributed by atoms with Gasteiger partial charge >= 0.3 is 11.8 Å². The molecule has 1 unspecified atom stereocenters. The average molecular weight is 360 g/mol. The summed E-state index contributed by atoms with van der Waals surface area (Å²) in [5.41, 5.74) is 0.259. The second kappa shape index (κ2) is 5.59. The molecule has 2 aliphatic heterocycles. The fourth-order valence-corrected chi connectivity index (χ4v) is 3.45. The molecule has 2 aromatic rings. The molecule has 0 saturated carbocycles. The number of ether oxygens (including phenoxy) is 1. The molecule has 136 valence electrons. The van der Waals surface area contributed by atoms with Gasteiger partial charge in [-0.3, -0.25) is 0 Å². The third-order valence-corrected chi connectivity index (χ3v) is 4.76. The van der Waals surface area contributed by atoms with Gasteiger partial charge in [0.25, 0.3) is 0 Å². The number of halogens is 4. The number of hydrogen-bond donors (Lipinski definition) is 0. The summed E-state index contributed by atoms with van der Waals surface area (Å²) in [6.07, 6.45) is 1.84. The van der Waals surface area contributed by atoms with E-state index in [1.54, 1.807) is 6.07 Å². The minimum absolute atomic E-state index is 0.0881. The van der Waals surface area contributed by atoms with Crippen LogP contribution in [-0.2, 0) is 4.74 Å². The molecule has 4 nitrogen and oxygen atoms in total. The van der Waals surface area contributed by atoms with Crippen LogP contribution < -0.4 is 4.90 Å². The zero-order valence-electron chi connectivity index (χ0n) is 16.3. The number of hydrogen-bond acceptors (Lipinski definition) is 3. The first-order chi connectivity index (χ1) is 13.0. The number of nitrogens with zero attached hydrogens (tertiary/aromatic N) is 3. The molecule has 4 rings (SSSR count). The highest BCUT2D eigenvalue weighted by Crippen LogP contribution is 2.44. The topological polar surface area (TPSA) is 30.3 Å². The standard InChI is InChI=1S/C17H19F4N3O/c1-11-5-4-6-12-14(11)15(22-24(12)13-7-2-3-8-25-13)23-9-16(18,19)17(20,21)10-23/h4-6,13H,2-3,7-10H2,1H3/i1D3. The molecule has 0 radical (unpaired) electrons. The number of alkyl halides is 4. The van der Waals surface area contributed by atoms with Crippen LogP contribution in [0.25, 0.3) is 10.9 Å². The molecule has 1 aromatic heterocycles. The lowest BCUT2D eigenvalue weighted by Crippen LogP contribution is -2.38. The molecule has 0 bridgehead atoms. The van der Waals surface area contributed by atoms with Gasteiger partial charge in [0.15, 0.2) is 12.0 Å². The summed E-state index contributed by atoms with van der Waals surface area (Å²) in [4.78, 5) is 0.775. The minimum Gasteiger partial charge on any atom is -0.356 e. The van der Waals surface area contributed by atoms with E-state index in [0.717, 1.165) is 17.7 Å². The van der Waals surface area contributed by atoms with Crippen LogP contribution in [0.4, 0.5) is 23.4 Å². The van der Waals surface area contributed by atoms with Crippen molar-refractivity contribution in [3.8, 4) is 0 Å². The Kier molecular flexibility index (Phi) is 2.99. The first-order valence-electron chi connectivity index (χ1n) is 9.65. The van der Waals surface area contributed by atoms with Gasteiger partial charge in [-0.2, -0.15) is 22.7 Å². The molecule has 0 spiro atoms. The second-order valence-corrected chi connectivity index (χ2v) is 6.55. The maximum atomic E-state index is 13.8. The molecule has 2 aliphatic rings. The van der Waals surface area contributed by atoms with Gasteiger partial charge in [0, 0.05) is 16.1 Å². The summed E-state index contributed by atoms with van der Waals surface area (Å²) in [5.74, 6) is -8.62. The van der Waals surface area contributed by atoms with Crippen LogP contribution in [0, 0.1) is 6.85 Å². The molecular formula is C17H19F4N3O. The van der Waals surface area contributed by atoms with Gasteiger partial charge in [-0.15, -0.1) is 0 Å². The molecular weight excluding hydrogens is 338 g/mol. The Bertz CT molecular complexity index is 878. The monoisotopic (exact) mass is 360 g/mol. The Balaban J connectivity index is 1.90. The van der Waals surface area contributed by atoms with Gasteiger partial charge in [0.1, 0.15) is 0 Å². The van der Waals surface area contributed by atoms with Crippen LogP contribution in [-0.4, -0.2) is 41.3 Å². The lowest BCUT2D eigenvalue weighted by Gasteiger charge is -2.23. The molecule has 0 N–H and O–H groups in total. The van der Waals surface area contributed by atoms with E-state index in [2.05, 4.69) is 5.10 Å². The van der Waals surface area contributed by atoms with E-state index in [0.29, 0.717) is 18.5 Å². The van der Waals surface area contributed by atoms with Gasteiger partial charge in [0.05, 0.1) is 18.6 Å². The minimum atomic E-state index is -4.22. The Morgan fingerprint density at radius 2 is 1.96 bits per heavy atom. The third-order valence-electron chi connectivity index (χ3n) is 4.76. The lowest BCUT2D eigenvalue weighted by atomic mass is 10.1. The first kappa shape index (κ1) is 13.4. The quantitative estimate of drug-likeness (QED) is 0.755. The fraction of sp³-hybridized carbons (Fsp3) is 0.588. The highest BCUT2D eigenvalue weighted by Gasteiger charge is 2.63. The number of anilines is 1. The predicted octanol–water partition coefficient (Wildman–Crippen LogP) is 4.13. The summed E-state index contributed by atoms with van der Waals surface area (Å²) in [7, 11) is 0. The summed E-state index contributed by atoms with van der Waals surface area (Å²) < 4.78 is 85.7. The molecule has 25 heavy (non-hydrogen) atoms. The Morgan fingerprint density at radius 1 is 1.20 bits per heavy atom. The lowest BCUT2D eigenvalue weighted by molar-refractivity contribution is -0.172. The van der Waals surface area contributed by atoms with Gasteiger partial charge in [-0.05, 0) is 37.7 Å². The molecule has 8 heteroatoms. The Morgan fingerprint density at radius 3 is 2.60 bits per heavy atom. The van der Waals surface area contributed by atoms with E-state index in [-0.39, 0.29) is 16.8 Å². The second-order valence-electron chi connectivity index (χ2n) is 6.55. The van der Waals surface area contributed by atoms with Gasteiger partial charge in [-0.1, -0.05) is 12.1 Å². The maximum absolute atomic E-state index is 13.8. The van der Waals surface area contributed by atoms with Gasteiger partial charge < -0.3 is 9.64 Å². The number of aromatic nitrogens is 2. The van der Waals surface area contributed by atoms with Crippen LogP contribution in [0.5, 0.6) is 0 Å². The number of rotatable bonds is 2. The van der Waals surface area contributed by atoms with Crippen molar-refractivity contribution in [2.45, 2.75) is 44.2 Å². The first-order valence-corrected chi connectivity index (χ1v) is 8.15. The Hall–Kier alpha value is -1.83. The number of aryl methyl sites for hydroxylation is 1. The van der Waals surface area contributed by atoms with Crippen molar-refractivity contribution >= 4 is 16.7 Å². The van der Waals surface area contributed by atoms with Crippen molar-refractivity contribution in [1.29, 1.82) is 0 Å². The van der Waals surface area contributed by atoms with Crippen LogP contribution in [0.2, 0.25) is 0 Å². The third kappa shape index (κ3) is 2.58. The summed E-state index contributed by atoms with van der Waals surface area (Å²) in [5, 5.41) is 4.39. The van der Waals surface area contributed by atoms with Crippen LogP contribution in [0.3, 0.4) is 0 Å². The van der Waals surface area contributed by atoms with Crippen LogP contribution in [0.1, 0.15) is 35.2 Å². The van der Waals surface area contributed by atoms with E-state index in [4.69, 9.17) is 8.85 Å². The van der Waals surface area contributed by atoms with E-state index >= 15 is 0 Å². The van der Waals surface area contributed by atoms with Crippen LogP contribution >= 0.6 is 0 Å². The van der Waals surface area contributed by atoms with Crippen molar-refractivity contribution in [3.05, 3.63) is 23.8 Å². The summed E-state index contributed by atoms with van der Waals surface area (Å²) >= 11 is 0. The molecule has 3 heterocycles. The van der Waals surface area contributed by atoms with Crippen molar-refractivity contribution in [3.63, 3.8) is 0 Å². The number of fused-ring (bicyclic) bond motifs is 1. The molecule has 1 atom stereocenters. The molecule has 2 saturated heterocycles. The summed E-state index contributed by atoms with van der Waals surface area (Å²) in [6, 6.07) is 4.48. The van der Waals surface area contributed by atoms with Gasteiger partial charge in [-0.25, -0.2) is 4.68 Å². The van der Waals surface area contributed by atoms with Gasteiger partial charge in [0.2, 0.25) is 0 Å². The summed E-state index contributed by atoms with van der Waals surface area (Å²) in [6.45, 7) is -4.53. The normalized spacial score (nSPS) is 27.9.